The summed E-state index contributed by atoms with van der Waals surface area (Å²) < 4.78 is 28.5. The highest BCUT2D eigenvalue weighted by Crippen LogP contribution is 2.32. The van der Waals surface area contributed by atoms with E-state index in [0.29, 0.717) is 26.2 Å². The third-order valence-corrected chi connectivity index (χ3v) is 6.63. The Morgan fingerprint density at radius 3 is 2.90 bits per heavy atom. The highest BCUT2D eigenvalue weighted by molar-refractivity contribution is 8.00. The summed E-state index contributed by atoms with van der Waals surface area (Å²) in [5, 5.41) is 4.04. The number of aromatic nitrogens is 2. The van der Waals surface area contributed by atoms with Crippen molar-refractivity contribution in [2.45, 2.75) is 36.5 Å². The lowest BCUT2D eigenvalue weighted by Gasteiger charge is -2.22. The molecule has 1 saturated heterocycles. The summed E-state index contributed by atoms with van der Waals surface area (Å²) >= 11 is 1.83. The van der Waals surface area contributed by atoms with Gasteiger partial charge >= 0.3 is 0 Å². The Morgan fingerprint density at radius 2 is 2.20 bits per heavy atom. The van der Waals surface area contributed by atoms with Gasteiger partial charge in [0.15, 0.2) is 0 Å². The molecule has 0 radical (unpaired) electrons. The van der Waals surface area contributed by atoms with Crippen LogP contribution in [0.5, 0.6) is 0 Å². The van der Waals surface area contributed by atoms with Crippen molar-refractivity contribution in [1.82, 2.24) is 14.1 Å². The van der Waals surface area contributed by atoms with Crippen LogP contribution in [0.2, 0.25) is 0 Å². The van der Waals surface area contributed by atoms with Crippen LogP contribution in [0, 0.1) is 0 Å². The molecule has 0 aromatic carbocycles. The van der Waals surface area contributed by atoms with Crippen LogP contribution in [0.1, 0.15) is 20.3 Å². The summed E-state index contributed by atoms with van der Waals surface area (Å²) in [6, 6.07) is 0. The molecule has 20 heavy (non-hydrogen) atoms. The van der Waals surface area contributed by atoms with E-state index in [9.17, 15) is 8.42 Å². The van der Waals surface area contributed by atoms with Crippen LogP contribution >= 0.6 is 11.8 Å². The van der Waals surface area contributed by atoms with Crippen molar-refractivity contribution in [3.05, 3.63) is 12.4 Å². The average Bonchev–Trinajstić information content (AvgIpc) is 2.75. The van der Waals surface area contributed by atoms with Crippen molar-refractivity contribution in [3.63, 3.8) is 0 Å². The van der Waals surface area contributed by atoms with E-state index >= 15 is 0 Å². The summed E-state index contributed by atoms with van der Waals surface area (Å²) in [4.78, 5) is 0.260. The van der Waals surface area contributed by atoms with Crippen LogP contribution in [-0.2, 0) is 16.6 Å². The molecule has 0 unspecified atom stereocenters. The van der Waals surface area contributed by atoms with E-state index in [2.05, 4.69) is 18.9 Å². The normalized spacial score (nSPS) is 20.8. The predicted molar refractivity (Wildman–Crippen MR) is 81.2 cm³/mol. The van der Waals surface area contributed by atoms with Gasteiger partial charge in [0.2, 0.25) is 10.0 Å². The SMILES string of the molecule is CC1(C)CCN(S(=O)(=O)c2cnn(CCN)c2)CCS1. The first-order valence-corrected chi connectivity index (χ1v) is 9.14. The van der Waals surface area contributed by atoms with Gasteiger partial charge in [-0.05, 0) is 6.42 Å². The molecule has 1 aliphatic rings. The van der Waals surface area contributed by atoms with Gasteiger partial charge in [-0.1, -0.05) is 13.8 Å². The van der Waals surface area contributed by atoms with E-state index in [1.807, 2.05) is 11.8 Å². The molecule has 2 heterocycles. The first-order valence-electron chi connectivity index (χ1n) is 6.72. The Bertz CT molecular complexity index is 554. The number of hydrogen-bond acceptors (Lipinski definition) is 5. The fourth-order valence-electron chi connectivity index (χ4n) is 2.12. The Labute approximate surface area is 124 Å². The molecule has 1 aliphatic heterocycles. The van der Waals surface area contributed by atoms with Crippen molar-refractivity contribution in [2.75, 3.05) is 25.4 Å². The maximum atomic E-state index is 12.6. The van der Waals surface area contributed by atoms with E-state index in [-0.39, 0.29) is 9.64 Å². The molecule has 2 rings (SSSR count). The molecule has 6 nitrogen and oxygen atoms in total. The monoisotopic (exact) mass is 318 g/mol. The van der Waals surface area contributed by atoms with Crippen molar-refractivity contribution in [1.29, 1.82) is 0 Å². The number of sulfonamides is 1. The molecule has 0 spiro atoms. The lowest BCUT2D eigenvalue weighted by atomic mass is 10.1. The molecule has 1 aromatic rings. The van der Waals surface area contributed by atoms with Gasteiger partial charge in [-0.15, -0.1) is 0 Å². The van der Waals surface area contributed by atoms with Gasteiger partial charge in [-0.25, -0.2) is 8.42 Å². The molecular formula is C12H22N4O2S2. The summed E-state index contributed by atoms with van der Waals surface area (Å²) in [5.74, 6) is 0.823. The van der Waals surface area contributed by atoms with Crippen LogP contribution in [-0.4, -0.2) is 52.6 Å². The van der Waals surface area contributed by atoms with Crippen LogP contribution in [0.4, 0.5) is 0 Å². The summed E-state index contributed by atoms with van der Waals surface area (Å²) in [5.41, 5.74) is 5.45. The van der Waals surface area contributed by atoms with Gasteiger partial charge in [-0.2, -0.15) is 21.2 Å². The fraction of sp³-hybridized carbons (Fsp3) is 0.750. The van der Waals surface area contributed by atoms with E-state index in [4.69, 9.17) is 5.73 Å². The van der Waals surface area contributed by atoms with Gasteiger partial charge < -0.3 is 5.73 Å². The predicted octanol–water partition coefficient (Wildman–Crippen LogP) is 0.748. The minimum absolute atomic E-state index is 0.133. The van der Waals surface area contributed by atoms with Gasteiger partial charge in [0.1, 0.15) is 4.90 Å². The molecule has 0 atom stereocenters. The molecule has 8 heteroatoms. The third-order valence-electron chi connectivity index (χ3n) is 3.40. The molecule has 1 aromatic heterocycles. The van der Waals surface area contributed by atoms with Crippen LogP contribution in [0.15, 0.2) is 17.3 Å². The maximum absolute atomic E-state index is 12.6. The van der Waals surface area contributed by atoms with Crippen molar-refractivity contribution >= 4 is 21.8 Å². The van der Waals surface area contributed by atoms with Crippen molar-refractivity contribution in [3.8, 4) is 0 Å². The fourth-order valence-corrected chi connectivity index (χ4v) is 4.74. The van der Waals surface area contributed by atoms with Crippen molar-refractivity contribution in [2.24, 2.45) is 5.73 Å². The van der Waals surface area contributed by atoms with E-state index < -0.39 is 10.0 Å². The second-order valence-electron chi connectivity index (χ2n) is 5.49. The molecular weight excluding hydrogens is 296 g/mol. The molecule has 0 bridgehead atoms. The summed E-state index contributed by atoms with van der Waals surface area (Å²) in [6.07, 6.45) is 3.83. The van der Waals surface area contributed by atoms with Crippen LogP contribution in [0.25, 0.3) is 0 Å². The Morgan fingerprint density at radius 1 is 1.45 bits per heavy atom. The number of hydrogen-bond donors (Lipinski definition) is 1. The average molecular weight is 318 g/mol. The second-order valence-corrected chi connectivity index (χ2v) is 9.23. The van der Waals surface area contributed by atoms with Crippen LogP contribution < -0.4 is 5.73 Å². The molecule has 2 N–H and O–H groups in total. The first kappa shape index (κ1) is 15.8. The second kappa shape index (κ2) is 6.05. The standard InChI is InChI=1S/C12H22N4O2S2/c1-12(2)3-5-16(7-8-19-12)20(17,18)11-9-14-15(10-11)6-4-13/h9-10H,3-8,13H2,1-2H3. The lowest BCUT2D eigenvalue weighted by molar-refractivity contribution is 0.415. The molecule has 1 fully saturated rings. The third kappa shape index (κ3) is 3.55. The zero-order chi connectivity index (χ0) is 14.8. The zero-order valence-corrected chi connectivity index (χ0v) is 13.6. The smallest absolute Gasteiger partial charge is 0.246 e. The first-order chi connectivity index (χ1) is 9.35. The van der Waals surface area contributed by atoms with Gasteiger partial charge in [0, 0.05) is 36.3 Å². The highest BCUT2D eigenvalue weighted by atomic mass is 32.2. The molecule has 0 amide bonds. The van der Waals surface area contributed by atoms with Crippen LogP contribution in [0.3, 0.4) is 0 Å². The molecule has 0 aliphatic carbocycles. The zero-order valence-electron chi connectivity index (χ0n) is 11.9. The van der Waals surface area contributed by atoms with Crippen molar-refractivity contribution < 1.29 is 8.42 Å². The highest BCUT2D eigenvalue weighted by Gasteiger charge is 2.31. The maximum Gasteiger partial charge on any atom is 0.246 e. The Balaban J connectivity index is 2.16. The number of rotatable bonds is 4. The Hall–Kier alpha value is -0.570. The molecule has 114 valence electrons. The summed E-state index contributed by atoms with van der Waals surface area (Å²) in [6.45, 7) is 6.40. The largest absolute Gasteiger partial charge is 0.329 e. The number of thioether (sulfide) groups is 1. The van der Waals surface area contributed by atoms with Gasteiger partial charge in [0.05, 0.1) is 12.7 Å². The van der Waals surface area contributed by atoms with E-state index in [0.717, 1.165) is 12.2 Å². The Kier molecular flexibility index (Phi) is 4.78. The molecule has 0 saturated carbocycles. The van der Waals surface area contributed by atoms with Gasteiger partial charge in [0.25, 0.3) is 0 Å². The minimum Gasteiger partial charge on any atom is -0.329 e. The number of nitrogens with two attached hydrogens (primary N) is 1. The van der Waals surface area contributed by atoms with E-state index in [1.165, 1.54) is 6.20 Å². The quantitative estimate of drug-likeness (QED) is 0.886. The minimum atomic E-state index is -3.44. The number of nitrogens with zero attached hydrogens (tertiary/aromatic N) is 3. The topological polar surface area (TPSA) is 81.2 Å². The van der Waals surface area contributed by atoms with Gasteiger partial charge in [-0.3, -0.25) is 4.68 Å². The lowest BCUT2D eigenvalue weighted by Crippen LogP contribution is -2.33. The van der Waals surface area contributed by atoms with E-state index in [1.54, 1.807) is 15.2 Å². The summed E-state index contributed by atoms with van der Waals surface area (Å²) in [7, 11) is -3.44.